The Hall–Kier alpha value is -1.77. The smallest absolute Gasteiger partial charge is 0.236 e. The number of rotatable bonds is 3. The minimum atomic E-state index is -0.458. The molecule has 8 heteroatoms. The number of amides is 1. The van der Waals surface area contributed by atoms with Crippen molar-refractivity contribution < 1.29 is 14.3 Å². The highest BCUT2D eigenvalue weighted by molar-refractivity contribution is 5.77. The number of carbonyl (C=O) groups is 1. The van der Waals surface area contributed by atoms with E-state index in [9.17, 15) is 4.79 Å². The summed E-state index contributed by atoms with van der Waals surface area (Å²) in [7, 11) is 3.55. The summed E-state index contributed by atoms with van der Waals surface area (Å²) in [6.07, 6.45) is 3.49. The molecule has 1 amide bonds. The lowest BCUT2D eigenvalue weighted by molar-refractivity contribution is -0.131. The molecule has 2 saturated heterocycles. The second-order valence-electron chi connectivity index (χ2n) is 6.55. The molecule has 1 aromatic heterocycles. The van der Waals surface area contributed by atoms with Crippen LogP contribution in [-0.4, -0.2) is 97.9 Å². The molecule has 1 atom stereocenters. The first-order chi connectivity index (χ1) is 11.6. The summed E-state index contributed by atoms with van der Waals surface area (Å²) in [5, 5.41) is 0. The number of carbonyl (C=O) groups excluding carboxylic acids is 1. The Labute approximate surface area is 142 Å². The second-order valence-corrected chi connectivity index (χ2v) is 6.55. The van der Waals surface area contributed by atoms with Crippen molar-refractivity contribution in [3.05, 3.63) is 18.5 Å². The van der Waals surface area contributed by atoms with E-state index in [0.717, 1.165) is 13.1 Å². The molecule has 1 unspecified atom stereocenters. The largest absolute Gasteiger partial charge is 0.377 e. The minimum Gasteiger partial charge on any atom is -0.377 e. The molecule has 0 N–H and O–H groups in total. The van der Waals surface area contributed by atoms with Crippen LogP contribution in [0.25, 0.3) is 0 Å². The van der Waals surface area contributed by atoms with Crippen molar-refractivity contribution in [2.75, 3.05) is 71.5 Å². The monoisotopic (exact) mass is 335 g/mol. The van der Waals surface area contributed by atoms with Crippen molar-refractivity contribution in [2.45, 2.75) is 5.60 Å². The Balaban J connectivity index is 1.71. The lowest BCUT2D eigenvalue weighted by Crippen LogP contribution is -2.59. The predicted molar refractivity (Wildman–Crippen MR) is 88.9 cm³/mol. The van der Waals surface area contributed by atoms with Crippen molar-refractivity contribution in [2.24, 2.45) is 0 Å². The molecule has 2 aliphatic heterocycles. The topological polar surface area (TPSA) is 71.0 Å². The number of hydrogen-bond donors (Lipinski definition) is 0. The van der Waals surface area contributed by atoms with Gasteiger partial charge in [-0.2, -0.15) is 0 Å². The van der Waals surface area contributed by atoms with Gasteiger partial charge in [-0.15, -0.1) is 0 Å². The van der Waals surface area contributed by atoms with E-state index in [1.54, 1.807) is 31.4 Å². The van der Waals surface area contributed by atoms with Gasteiger partial charge in [0.1, 0.15) is 5.60 Å². The molecule has 0 bridgehead atoms. The number of morpholine rings is 1. The van der Waals surface area contributed by atoms with E-state index in [-0.39, 0.29) is 5.91 Å². The van der Waals surface area contributed by atoms with Crippen LogP contribution in [-0.2, 0) is 14.3 Å². The summed E-state index contributed by atoms with van der Waals surface area (Å²) in [6, 6.07) is 1.81. The molecule has 0 aromatic carbocycles. The summed E-state index contributed by atoms with van der Waals surface area (Å²) in [6.45, 7) is 4.89. The third kappa shape index (κ3) is 4.00. The van der Waals surface area contributed by atoms with Crippen molar-refractivity contribution in [1.29, 1.82) is 0 Å². The van der Waals surface area contributed by atoms with Gasteiger partial charge in [-0.05, 0) is 6.07 Å². The Morgan fingerprint density at radius 1 is 1.25 bits per heavy atom. The van der Waals surface area contributed by atoms with Crippen LogP contribution in [0.3, 0.4) is 0 Å². The zero-order chi connectivity index (χ0) is 17.0. The molecule has 3 heterocycles. The van der Waals surface area contributed by atoms with Crippen LogP contribution < -0.4 is 4.90 Å². The standard InChI is InChI=1S/C16H25N5O3/c1-19(2)14(22)10-20-6-8-23-13-16(11-20)12-21(7-9-24-16)15-17-4-3-5-18-15/h3-5H,6-13H2,1-2H3. The number of hydrogen-bond acceptors (Lipinski definition) is 7. The molecule has 0 saturated carbocycles. The first-order valence-electron chi connectivity index (χ1n) is 8.24. The van der Waals surface area contributed by atoms with E-state index in [2.05, 4.69) is 19.8 Å². The van der Waals surface area contributed by atoms with Crippen molar-refractivity contribution >= 4 is 11.9 Å². The summed E-state index contributed by atoms with van der Waals surface area (Å²) in [5.41, 5.74) is -0.458. The number of aromatic nitrogens is 2. The molecule has 2 fully saturated rings. The van der Waals surface area contributed by atoms with E-state index in [4.69, 9.17) is 9.47 Å². The molecule has 2 aliphatic rings. The zero-order valence-electron chi connectivity index (χ0n) is 14.3. The van der Waals surface area contributed by atoms with Crippen LogP contribution in [0.2, 0.25) is 0 Å². The quantitative estimate of drug-likeness (QED) is 0.735. The Kier molecular flexibility index (Phi) is 5.27. The number of ether oxygens (including phenoxy) is 2. The highest BCUT2D eigenvalue weighted by Gasteiger charge is 2.41. The third-order valence-corrected chi connectivity index (χ3v) is 4.37. The summed E-state index contributed by atoms with van der Waals surface area (Å²) in [4.78, 5) is 26.6. The first-order valence-corrected chi connectivity index (χ1v) is 8.24. The molecule has 0 radical (unpaired) electrons. The fourth-order valence-electron chi connectivity index (χ4n) is 3.10. The zero-order valence-corrected chi connectivity index (χ0v) is 14.3. The summed E-state index contributed by atoms with van der Waals surface area (Å²) >= 11 is 0. The van der Waals surface area contributed by atoms with Gasteiger partial charge in [0, 0.05) is 46.1 Å². The van der Waals surface area contributed by atoms with Gasteiger partial charge in [0.15, 0.2) is 0 Å². The van der Waals surface area contributed by atoms with E-state index in [1.165, 1.54) is 0 Å². The highest BCUT2D eigenvalue weighted by Crippen LogP contribution is 2.24. The molecule has 132 valence electrons. The Morgan fingerprint density at radius 3 is 2.79 bits per heavy atom. The fourth-order valence-corrected chi connectivity index (χ4v) is 3.10. The first kappa shape index (κ1) is 17.1. The molecular formula is C16H25N5O3. The van der Waals surface area contributed by atoms with Crippen LogP contribution in [0, 0.1) is 0 Å². The average Bonchev–Trinajstić information content (AvgIpc) is 2.77. The van der Waals surface area contributed by atoms with Crippen LogP contribution in [0.1, 0.15) is 0 Å². The van der Waals surface area contributed by atoms with E-state index in [0.29, 0.717) is 45.4 Å². The SMILES string of the molecule is CN(C)C(=O)CN1CCOCC2(C1)CN(c1ncccn1)CCO2. The maximum atomic E-state index is 12.1. The third-order valence-electron chi connectivity index (χ3n) is 4.37. The molecule has 24 heavy (non-hydrogen) atoms. The van der Waals surface area contributed by atoms with E-state index in [1.807, 2.05) is 6.07 Å². The van der Waals surface area contributed by atoms with Gasteiger partial charge in [0.25, 0.3) is 0 Å². The maximum Gasteiger partial charge on any atom is 0.236 e. The predicted octanol–water partition coefficient (Wildman–Crippen LogP) is -0.528. The van der Waals surface area contributed by atoms with Crippen molar-refractivity contribution in [3.8, 4) is 0 Å². The van der Waals surface area contributed by atoms with Gasteiger partial charge in [0.2, 0.25) is 11.9 Å². The molecule has 0 aliphatic carbocycles. The van der Waals surface area contributed by atoms with Gasteiger partial charge in [-0.3, -0.25) is 9.69 Å². The van der Waals surface area contributed by atoms with Gasteiger partial charge >= 0.3 is 0 Å². The number of likely N-dealkylation sites (N-methyl/N-ethyl adjacent to an activating group) is 1. The highest BCUT2D eigenvalue weighted by atomic mass is 16.5. The van der Waals surface area contributed by atoms with Crippen molar-refractivity contribution in [1.82, 2.24) is 19.8 Å². The molecule has 1 aromatic rings. The van der Waals surface area contributed by atoms with E-state index < -0.39 is 5.60 Å². The number of nitrogens with zero attached hydrogens (tertiary/aromatic N) is 5. The fraction of sp³-hybridized carbons (Fsp3) is 0.688. The van der Waals surface area contributed by atoms with Gasteiger partial charge < -0.3 is 19.3 Å². The molecule has 3 rings (SSSR count). The normalized spacial score (nSPS) is 25.5. The Bertz CT molecular complexity index is 556. The second kappa shape index (κ2) is 7.42. The van der Waals surface area contributed by atoms with Crippen molar-refractivity contribution in [3.63, 3.8) is 0 Å². The summed E-state index contributed by atoms with van der Waals surface area (Å²) < 4.78 is 11.9. The minimum absolute atomic E-state index is 0.0890. The van der Waals surface area contributed by atoms with Gasteiger partial charge in [-0.1, -0.05) is 0 Å². The average molecular weight is 335 g/mol. The summed E-state index contributed by atoms with van der Waals surface area (Å²) in [5.74, 6) is 0.798. The van der Waals surface area contributed by atoms with Crippen LogP contribution in [0.4, 0.5) is 5.95 Å². The van der Waals surface area contributed by atoms with Crippen LogP contribution in [0.15, 0.2) is 18.5 Å². The lowest BCUT2D eigenvalue weighted by Gasteiger charge is -2.43. The lowest BCUT2D eigenvalue weighted by atomic mass is 10.0. The van der Waals surface area contributed by atoms with Crippen LogP contribution >= 0.6 is 0 Å². The molecule has 1 spiro atoms. The van der Waals surface area contributed by atoms with E-state index >= 15 is 0 Å². The maximum absolute atomic E-state index is 12.1. The number of anilines is 1. The molecule has 8 nitrogen and oxygen atoms in total. The molecular weight excluding hydrogens is 310 g/mol. The van der Waals surface area contributed by atoms with Gasteiger partial charge in [0.05, 0.1) is 32.9 Å². The Morgan fingerprint density at radius 2 is 2.04 bits per heavy atom. The van der Waals surface area contributed by atoms with Crippen LogP contribution in [0.5, 0.6) is 0 Å². The van der Waals surface area contributed by atoms with Gasteiger partial charge in [-0.25, -0.2) is 9.97 Å².